The molecular formula is C6H18Br2Si3. The van der Waals surface area contributed by atoms with Gasteiger partial charge in [-0.15, -0.1) is 30.6 Å². The highest BCUT2D eigenvalue weighted by atomic mass is 79.9. The minimum absolute atomic E-state index is 0.986. The van der Waals surface area contributed by atoms with Crippen molar-refractivity contribution in [3.05, 3.63) is 0 Å². The van der Waals surface area contributed by atoms with E-state index in [0.717, 1.165) is 0 Å². The third kappa shape index (κ3) is 2.79. The zero-order chi connectivity index (χ0) is 9.50. The average molecular weight is 334 g/mol. The molecule has 0 saturated carbocycles. The van der Waals surface area contributed by atoms with Gasteiger partial charge in [-0.3, -0.25) is 0 Å². The van der Waals surface area contributed by atoms with E-state index in [1.165, 1.54) is 0 Å². The Labute approximate surface area is 88.9 Å². The van der Waals surface area contributed by atoms with E-state index in [2.05, 4.69) is 69.9 Å². The highest BCUT2D eigenvalue weighted by molar-refractivity contribution is 9.55. The summed E-state index contributed by atoms with van der Waals surface area (Å²) in [4.78, 5) is 0. The van der Waals surface area contributed by atoms with Crippen molar-refractivity contribution in [2.24, 2.45) is 0 Å². The van der Waals surface area contributed by atoms with Crippen LogP contribution in [0.1, 0.15) is 0 Å². The van der Waals surface area contributed by atoms with Crippen LogP contribution in [0.3, 0.4) is 0 Å². The van der Waals surface area contributed by atoms with E-state index in [-0.39, 0.29) is 0 Å². The summed E-state index contributed by atoms with van der Waals surface area (Å²) >= 11 is 8.00. The summed E-state index contributed by atoms with van der Waals surface area (Å²) in [6, 6.07) is 0. The maximum Gasteiger partial charge on any atom is 0.180 e. The monoisotopic (exact) mass is 332 g/mol. The van der Waals surface area contributed by atoms with Crippen LogP contribution in [0, 0.1) is 0 Å². The Morgan fingerprint density at radius 3 is 0.818 bits per heavy atom. The Kier molecular flexibility index (Phi) is 3.90. The number of hydrogen-bond acceptors (Lipinski definition) is 0. The maximum absolute atomic E-state index is 4.00. The fourth-order valence-corrected chi connectivity index (χ4v) is 30.4. The Morgan fingerprint density at radius 1 is 0.636 bits per heavy atom. The van der Waals surface area contributed by atoms with E-state index in [0.29, 0.717) is 0 Å². The molecule has 0 aromatic rings. The van der Waals surface area contributed by atoms with Crippen LogP contribution in [0.2, 0.25) is 39.3 Å². The van der Waals surface area contributed by atoms with E-state index in [1.807, 2.05) is 0 Å². The van der Waals surface area contributed by atoms with Crippen LogP contribution < -0.4 is 0 Å². The summed E-state index contributed by atoms with van der Waals surface area (Å²) in [6.07, 6.45) is 0. The van der Waals surface area contributed by atoms with Crippen LogP contribution in [0.25, 0.3) is 0 Å². The third-order valence-corrected chi connectivity index (χ3v) is 73.3. The van der Waals surface area contributed by atoms with Crippen molar-refractivity contribution in [2.45, 2.75) is 39.3 Å². The molecule has 68 valence electrons. The molecule has 0 aliphatic carbocycles. The summed E-state index contributed by atoms with van der Waals surface area (Å²) in [7, 11) is -1.97. The molecule has 0 atom stereocenters. The molecule has 0 N–H and O–H groups in total. The normalized spacial score (nSPS) is 15.3. The lowest BCUT2D eigenvalue weighted by Gasteiger charge is -2.40. The van der Waals surface area contributed by atoms with Gasteiger partial charge in [0.1, 0.15) is 0 Å². The zero-order valence-electron chi connectivity index (χ0n) is 8.26. The summed E-state index contributed by atoms with van der Waals surface area (Å²) in [5.74, 6) is 0. The van der Waals surface area contributed by atoms with Gasteiger partial charge < -0.3 is 0 Å². The number of rotatable bonds is 2. The lowest BCUT2D eigenvalue weighted by molar-refractivity contribution is 1.81. The van der Waals surface area contributed by atoms with Crippen LogP contribution in [0.5, 0.6) is 0 Å². The fraction of sp³-hybridized carbons (Fsp3) is 1.00. The second-order valence-electron chi connectivity index (χ2n) is 5.07. The molecule has 0 amide bonds. The van der Waals surface area contributed by atoms with E-state index in [1.54, 1.807) is 0 Å². The molecular weight excluding hydrogens is 316 g/mol. The predicted octanol–water partition coefficient (Wildman–Crippen LogP) is 4.05. The molecule has 5 heteroatoms. The quantitative estimate of drug-likeness (QED) is 0.528. The van der Waals surface area contributed by atoms with E-state index >= 15 is 0 Å². The Morgan fingerprint density at radius 2 is 0.818 bits per heavy atom. The molecule has 0 spiro atoms. The molecule has 0 rings (SSSR count). The molecule has 11 heavy (non-hydrogen) atoms. The topological polar surface area (TPSA) is 0 Å². The Balaban J connectivity index is 4.75. The lowest BCUT2D eigenvalue weighted by Crippen LogP contribution is -2.63. The second kappa shape index (κ2) is 3.40. The molecule has 0 saturated heterocycles. The number of halogens is 2. The van der Waals surface area contributed by atoms with Gasteiger partial charge in [0.05, 0.1) is 15.2 Å². The third-order valence-electron chi connectivity index (χ3n) is 1.88. The summed E-state index contributed by atoms with van der Waals surface area (Å²) < 4.78 is -1.20. The van der Waals surface area contributed by atoms with Crippen molar-refractivity contribution < 1.29 is 0 Å². The van der Waals surface area contributed by atoms with Gasteiger partial charge in [-0.25, -0.2) is 0 Å². The van der Waals surface area contributed by atoms with Crippen molar-refractivity contribution in [2.75, 3.05) is 0 Å². The average Bonchev–Trinajstić information content (AvgIpc) is 1.58. The van der Waals surface area contributed by atoms with Gasteiger partial charge in [0.2, 0.25) is 0 Å². The molecule has 0 aromatic carbocycles. The largest absolute Gasteiger partial charge is 0.180 e. The zero-order valence-corrected chi connectivity index (χ0v) is 14.4. The molecule has 0 unspecified atom stereocenters. The van der Waals surface area contributed by atoms with Crippen molar-refractivity contribution >= 4 is 50.1 Å². The van der Waals surface area contributed by atoms with Gasteiger partial charge in [0.15, 0.2) is 4.35 Å². The van der Waals surface area contributed by atoms with Crippen molar-refractivity contribution in [1.29, 1.82) is 0 Å². The molecule has 0 aliphatic heterocycles. The SMILES string of the molecule is C[Si](C)(C)[Si](Br)(Br)[Si](C)(C)C. The van der Waals surface area contributed by atoms with Crippen LogP contribution in [0.4, 0.5) is 0 Å². The molecule has 0 nitrogen and oxygen atoms in total. The van der Waals surface area contributed by atoms with Gasteiger partial charge in [-0.2, -0.15) is 0 Å². The molecule has 0 heterocycles. The van der Waals surface area contributed by atoms with Gasteiger partial charge >= 0.3 is 0 Å². The molecule has 0 radical (unpaired) electrons. The van der Waals surface area contributed by atoms with E-state index < -0.39 is 19.5 Å². The van der Waals surface area contributed by atoms with Crippen molar-refractivity contribution in [3.8, 4) is 0 Å². The lowest BCUT2D eigenvalue weighted by atomic mass is 11.8. The van der Waals surface area contributed by atoms with E-state index in [4.69, 9.17) is 0 Å². The minimum Gasteiger partial charge on any atom is -0.118 e. The van der Waals surface area contributed by atoms with Crippen LogP contribution in [0.15, 0.2) is 0 Å². The van der Waals surface area contributed by atoms with Gasteiger partial charge in [-0.05, 0) is 0 Å². The first-order valence-corrected chi connectivity index (χ1v) is 19.4. The summed E-state index contributed by atoms with van der Waals surface area (Å²) in [5, 5.41) is 0. The van der Waals surface area contributed by atoms with E-state index in [9.17, 15) is 0 Å². The highest BCUT2D eigenvalue weighted by Gasteiger charge is 2.51. The van der Waals surface area contributed by atoms with Crippen molar-refractivity contribution in [3.63, 3.8) is 0 Å². The first-order chi connectivity index (χ1) is 4.50. The second-order valence-corrected chi connectivity index (χ2v) is 49.3. The van der Waals surface area contributed by atoms with Gasteiger partial charge in [-0.1, -0.05) is 39.3 Å². The highest BCUT2D eigenvalue weighted by Crippen LogP contribution is 2.39. The van der Waals surface area contributed by atoms with Crippen molar-refractivity contribution in [1.82, 2.24) is 0 Å². The van der Waals surface area contributed by atoms with Gasteiger partial charge in [0.25, 0.3) is 0 Å². The summed E-state index contributed by atoms with van der Waals surface area (Å²) in [6.45, 7) is 14.8. The standard InChI is InChI=1S/C6H18Br2Si3/c1-9(2,3)11(7,8)10(4,5)6/h1-6H3. The first-order valence-electron chi connectivity index (χ1n) is 3.88. The Bertz CT molecular complexity index is 127. The van der Waals surface area contributed by atoms with Crippen LogP contribution in [-0.2, 0) is 0 Å². The molecule has 0 bridgehead atoms. The molecule has 0 fully saturated rings. The van der Waals surface area contributed by atoms with Gasteiger partial charge in [0, 0.05) is 0 Å². The number of hydrogen-bond donors (Lipinski definition) is 0. The summed E-state index contributed by atoms with van der Waals surface area (Å²) in [5.41, 5.74) is 0. The fourth-order valence-electron chi connectivity index (χ4n) is 1.12. The maximum atomic E-state index is 4.00. The first kappa shape index (κ1) is 12.6. The van der Waals surface area contributed by atoms with Crippen LogP contribution in [-0.4, -0.2) is 19.5 Å². The minimum atomic E-state index is -1.20. The molecule has 0 aliphatic rings. The Hall–Kier alpha value is 1.61. The van der Waals surface area contributed by atoms with Crippen LogP contribution >= 0.6 is 30.6 Å². The smallest absolute Gasteiger partial charge is 0.118 e. The predicted molar refractivity (Wildman–Crippen MR) is 70.3 cm³/mol. The molecule has 0 aromatic heterocycles.